The number of carbonyl (C=O) groups excluding carboxylic acids is 1. The van der Waals surface area contributed by atoms with Gasteiger partial charge >= 0.3 is 0 Å². The first-order valence-electron chi connectivity index (χ1n) is 11.1. The van der Waals surface area contributed by atoms with Crippen LogP contribution in [-0.2, 0) is 0 Å². The summed E-state index contributed by atoms with van der Waals surface area (Å²) < 4.78 is 4.13. The Hall–Kier alpha value is -4.39. The predicted octanol–water partition coefficient (Wildman–Crippen LogP) is 5.19. The lowest BCUT2D eigenvalue weighted by Gasteiger charge is -2.24. The summed E-state index contributed by atoms with van der Waals surface area (Å²) in [4.78, 5) is 20.7. The third kappa shape index (κ3) is 4.03. The number of nitrogens with two attached hydrogens (primary N) is 1. The normalized spacial score (nSPS) is 11.6. The molecule has 0 saturated carbocycles. The Bertz CT molecular complexity index is 1490. The highest BCUT2D eigenvalue weighted by Gasteiger charge is 2.17. The van der Waals surface area contributed by atoms with Crippen LogP contribution < -0.4 is 11.1 Å². The number of hydrogen-bond acceptors (Lipinski definition) is 4. The minimum Gasteiger partial charge on any atom is -0.380 e. The van der Waals surface area contributed by atoms with Crippen molar-refractivity contribution < 1.29 is 4.79 Å². The minimum absolute atomic E-state index is 0.220. The summed E-state index contributed by atoms with van der Waals surface area (Å²) in [5.41, 5.74) is 11.4. The molecule has 0 aliphatic rings. The number of carbonyl (C=O) groups is 1. The molecule has 5 aromatic rings. The van der Waals surface area contributed by atoms with Gasteiger partial charge in [-0.05, 0) is 69.3 Å². The lowest BCUT2D eigenvalue weighted by atomic mass is 10.1. The van der Waals surface area contributed by atoms with Gasteiger partial charge in [0.05, 0.1) is 28.8 Å². The molecule has 0 radical (unpaired) electrons. The Labute approximate surface area is 197 Å². The molecule has 0 saturated heterocycles. The highest BCUT2D eigenvalue weighted by Crippen LogP contribution is 2.30. The second-order valence-electron chi connectivity index (χ2n) is 9.27. The van der Waals surface area contributed by atoms with Crippen LogP contribution in [0.15, 0.2) is 85.7 Å². The molecule has 0 atom stereocenters. The van der Waals surface area contributed by atoms with E-state index in [4.69, 9.17) is 5.73 Å². The van der Waals surface area contributed by atoms with Gasteiger partial charge in [-0.2, -0.15) is 0 Å². The van der Waals surface area contributed by atoms with Crippen LogP contribution in [0, 0.1) is 0 Å². The van der Waals surface area contributed by atoms with Crippen LogP contribution in [0.4, 0.5) is 5.69 Å². The van der Waals surface area contributed by atoms with Crippen molar-refractivity contribution in [1.82, 2.24) is 19.1 Å². The highest BCUT2D eigenvalue weighted by atomic mass is 16.1. The number of nitrogens with one attached hydrogen (secondary N) is 1. The van der Waals surface area contributed by atoms with Gasteiger partial charge in [0.25, 0.3) is 5.91 Å². The maximum absolute atomic E-state index is 12.0. The van der Waals surface area contributed by atoms with Gasteiger partial charge in [0.2, 0.25) is 0 Å². The second-order valence-corrected chi connectivity index (χ2v) is 9.27. The summed E-state index contributed by atoms with van der Waals surface area (Å²) in [5, 5.41) is 4.49. The van der Waals surface area contributed by atoms with Crippen molar-refractivity contribution in [3.63, 3.8) is 0 Å². The number of benzene rings is 2. The molecule has 7 nitrogen and oxygen atoms in total. The summed E-state index contributed by atoms with van der Waals surface area (Å²) in [5.74, 6) is -0.456. The van der Waals surface area contributed by atoms with Crippen LogP contribution >= 0.6 is 0 Å². The van der Waals surface area contributed by atoms with Gasteiger partial charge in [-0.1, -0.05) is 6.07 Å². The van der Waals surface area contributed by atoms with E-state index < -0.39 is 5.91 Å². The Morgan fingerprint density at radius 3 is 2.65 bits per heavy atom. The molecule has 7 heteroatoms. The molecule has 0 unspecified atom stereocenters. The van der Waals surface area contributed by atoms with Crippen LogP contribution in [0.25, 0.3) is 33.5 Å². The summed E-state index contributed by atoms with van der Waals surface area (Å²) in [6.45, 7) is 6.14. The third-order valence-electron chi connectivity index (χ3n) is 5.58. The fraction of sp³-hybridized carbons (Fsp3) is 0.148. The quantitative estimate of drug-likeness (QED) is 0.386. The molecule has 3 aromatic heterocycles. The van der Waals surface area contributed by atoms with Gasteiger partial charge in [0.15, 0.2) is 0 Å². The molecule has 3 heterocycles. The third-order valence-corrected chi connectivity index (χ3v) is 5.58. The number of imidazole rings is 1. The molecule has 0 fully saturated rings. The molecular formula is C27H26N6O. The zero-order chi connectivity index (χ0) is 23.9. The Morgan fingerprint density at radius 1 is 1.06 bits per heavy atom. The fourth-order valence-electron chi connectivity index (χ4n) is 4.12. The van der Waals surface area contributed by atoms with Crippen LogP contribution in [0.2, 0.25) is 0 Å². The van der Waals surface area contributed by atoms with Crippen molar-refractivity contribution in [2.75, 3.05) is 5.32 Å². The van der Waals surface area contributed by atoms with E-state index in [0.29, 0.717) is 11.3 Å². The lowest BCUT2D eigenvalue weighted by Crippen LogP contribution is -2.28. The number of aromatic nitrogens is 4. The zero-order valence-electron chi connectivity index (χ0n) is 19.4. The largest absolute Gasteiger partial charge is 0.380 e. The molecule has 3 N–H and O–H groups in total. The van der Waals surface area contributed by atoms with Gasteiger partial charge in [-0.3, -0.25) is 9.78 Å². The Morgan fingerprint density at radius 2 is 1.91 bits per heavy atom. The second kappa shape index (κ2) is 8.19. The molecule has 0 bridgehead atoms. The molecule has 5 rings (SSSR count). The fourth-order valence-corrected chi connectivity index (χ4v) is 4.12. The number of fused-ring (bicyclic) bond motifs is 1. The first-order chi connectivity index (χ1) is 16.3. The van der Waals surface area contributed by atoms with Gasteiger partial charge < -0.3 is 20.2 Å². The average Bonchev–Trinajstić information content (AvgIpc) is 3.46. The maximum Gasteiger partial charge on any atom is 0.250 e. The predicted molar refractivity (Wildman–Crippen MR) is 136 cm³/mol. The number of rotatable bonds is 5. The molecular weight excluding hydrogens is 424 g/mol. The van der Waals surface area contributed by atoms with Gasteiger partial charge in [-0.15, -0.1) is 0 Å². The first kappa shape index (κ1) is 21.5. The van der Waals surface area contributed by atoms with Crippen LogP contribution in [0.3, 0.4) is 0 Å². The summed E-state index contributed by atoms with van der Waals surface area (Å²) >= 11 is 0. The van der Waals surface area contributed by atoms with E-state index in [9.17, 15) is 4.79 Å². The van der Waals surface area contributed by atoms with Gasteiger partial charge in [0, 0.05) is 52.7 Å². The number of hydrogen-bond donors (Lipinski definition) is 2. The lowest BCUT2D eigenvalue weighted by molar-refractivity contribution is 0.100. The zero-order valence-corrected chi connectivity index (χ0v) is 19.4. The van der Waals surface area contributed by atoms with E-state index in [1.54, 1.807) is 12.3 Å². The SMILES string of the molecule is CC(C)(C)Nc1cc(-n2ccc3c(-n4cnc(-c5cccnc5)c4)cccc32)ccc1C(N)=O. The molecule has 170 valence electrons. The first-order valence-corrected chi connectivity index (χ1v) is 11.1. The van der Waals surface area contributed by atoms with E-state index in [-0.39, 0.29) is 5.54 Å². The summed E-state index contributed by atoms with van der Waals surface area (Å²) in [6.07, 6.45) is 9.43. The number of amides is 1. The van der Waals surface area contributed by atoms with Crippen molar-refractivity contribution in [3.05, 3.63) is 91.3 Å². The Kier molecular flexibility index (Phi) is 5.17. The molecule has 34 heavy (non-hydrogen) atoms. The van der Waals surface area contributed by atoms with Crippen LogP contribution in [-0.4, -0.2) is 30.5 Å². The minimum atomic E-state index is -0.456. The molecule has 0 aliphatic carbocycles. The number of primary amides is 1. The monoisotopic (exact) mass is 450 g/mol. The van der Waals surface area contributed by atoms with Gasteiger partial charge in [-0.25, -0.2) is 4.98 Å². The van der Waals surface area contributed by atoms with Crippen molar-refractivity contribution in [1.29, 1.82) is 0 Å². The van der Waals surface area contributed by atoms with E-state index >= 15 is 0 Å². The van der Waals surface area contributed by atoms with Crippen molar-refractivity contribution in [3.8, 4) is 22.6 Å². The Balaban J connectivity index is 1.58. The number of pyridine rings is 1. The van der Waals surface area contributed by atoms with E-state index in [1.807, 2.05) is 80.6 Å². The number of nitrogens with zero attached hydrogens (tertiary/aromatic N) is 4. The maximum atomic E-state index is 12.0. The standard InChI is InChI=1S/C27H26N6O/c1-27(2,3)31-22-14-19(9-10-20(22)26(28)34)33-13-11-21-24(7-4-8-25(21)33)32-16-23(30-17-32)18-6-5-12-29-15-18/h4-17,31H,1-3H3,(H2,28,34). The van der Waals surface area contributed by atoms with Crippen molar-refractivity contribution >= 4 is 22.5 Å². The smallest absolute Gasteiger partial charge is 0.250 e. The van der Waals surface area contributed by atoms with Crippen LogP contribution in [0.1, 0.15) is 31.1 Å². The van der Waals surface area contributed by atoms with Crippen molar-refractivity contribution in [2.45, 2.75) is 26.3 Å². The molecule has 2 aromatic carbocycles. The molecule has 0 spiro atoms. The number of anilines is 1. The highest BCUT2D eigenvalue weighted by molar-refractivity contribution is 5.99. The van der Waals surface area contributed by atoms with E-state index in [0.717, 1.165) is 33.5 Å². The summed E-state index contributed by atoms with van der Waals surface area (Å²) in [7, 11) is 0. The van der Waals surface area contributed by atoms with Gasteiger partial charge in [0.1, 0.15) is 0 Å². The van der Waals surface area contributed by atoms with E-state index in [2.05, 4.69) is 38.1 Å². The average molecular weight is 451 g/mol. The van der Waals surface area contributed by atoms with Crippen LogP contribution in [0.5, 0.6) is 0 Å². The molecule has 1 amide bonds. The summed E-state index contributed by atoms with van der Waals surface area (Å²) in [6, 6.07) is 17.8. The molecule has 0 aliphatic heterocycles. The van der Waals surface area contributed by atoms with E-state index in [1.165, 1.54) is 0 Å². The topological polar surface area (TPSA) is 90.8 Å². The van der Waals surface area contributed by atoms with Crippen molar-refractivity contribution in [2.24, 2.45) is 5.73 Å².